The summed E-state index contributed by atoms with van der Waals surface area (Å²) in [6, 6.07) is 6.28. The molecule has 1 amide bonds. The number of aryl methyl sites for hydroxylation is 2. The maximum absolute atomic E-state index is 11.4. The van der Waals surface area contributed by atoms with Gasteiger partial charge in [-0.1, -0.05) is 12.1 Å². The van der Waals surface area contributed by atoms with Crippen LogP contribution in [-0.4, -0.2) is 33.8 Å². The minimum Gasteiger partial charge on any atom is -0.449 e. The van der Waals surface area contributed by atoms with E-state index >= 15 is 0 Å². The van der Waals surface area contributed by atoms with Crippen LogP contribution in [0.5, 0.6) is 6.01 Å². The predicted molar refractivity (Wildman–Crippen MR) is 75.0 cm³/mol. The summed E-state index contributed by atoms with van der Waals surface area (Å²) in [5.41, 5.74) is 3.17. The van der Waals surface area contributed by atoms with Gasteiger partial charge in [0.2, 0.25) is 0 Å². The number of nitrogens with one attached hydrogen (secondary N) is 1. The van der Waals surface area contributed by atoms with Crippen molar-refractivity contribution in [3.63, 3.8) is 0 Å². The first-order chi connectivity index (χ1) is 9.51. The highest BCUT2D eigenvalue weighted by atomic mass is 16.5. The van der Waals surface area contributed by atoms with Gasteiger partial charge in [0.15, 0.2) is 6.10 Å². The van der Waals surface area contributed by atoms with E-state index in [9.17, 15) is 4.79 Å². The molecule has 1 heterocycles. The van der Waals surface area contributed by atoms with Crippen molar-refractivity contribution in [3.05, 3.63) is 35.7 Å². The number of benzene rings is 1. The van der Waals surface area contributed by atoms with Crippen molar-refractivity contribution in [3.8, 4) is 11.7 Å². The van der Waals surface area contributed by atoms with Gasteiger partial charge in [-0.3, -0.25) is 4.79 Å². The van der Waals surface area contributed by atoms with E-state index in [2.05, 4.69) is 15.4 Å². The van der Waals surface area contributed by atoms with E-state index in [4.69, 9.17) is 4.74 Å². The van der Waals surface area contributed by atoms with Crippen LogP contribution in [0.4, 0.5) is 0 Å². The van der Waals surface area contributed by atoms with E-state index in [0.29, 0.717) is 0 Å². The van der Waals surface area contributed by atoms with Gasteiger partial charge >= 0.3 is 6.01 Å². The first kappa shape index (κ1) is 14.0. The molecule has 2 aromatic rings. The Hall–Kier alpha value is -2.37. The molecule has 1 atom stereocenters. The molecule has 20 heavy (non-hydrogen) atoms. The van der Waals surface area contributed by atoms with Crippen LogP contribution in [0.2, 0.25) is 0 Å². The molecule has 0 saturated carbocycles. The molecule has 106 valence electrons. The van der Waals surface area contributed by atoms with Crippen LogP contribution in [0.3, 0.4) is 0 Å². The average Bonchev–Trinajstić information content (AvgIpc) is 2.88. The highest BCUT2D eigenvalue weighted by Crippen LogP contribution is 2.16. The molecule has 0 spiro atoms. The molecule has 0 bridgehead atoms. The minimum absolute atomic E-state index is 0.182. The number of hydrogen-bond donors (Lipinski definition) is 1. The van der Waals surface area contributed by atoms with E-state index < -0.39 is 6.10 Å². The van der Waals surface area contributed by atoms with Crippen molar-refractivity contribution in [1.29, 1.82) is 0 Å². The summed E-state index contributed by atoms with van der Waals surface area (Å²) in [4.78, 5) is 15.5. The molecular formula is C14H18N4O2. The summed E-state index contributed by atoms with van der Waals surface area (Å²) < 4.78 is 7.03. The molecule has 6 heteroatoms. The number of carbonyl (C=O) groups is 1. The molecule has 1 aromatic carbocycles. The van der Waals surface area contributed by atoms with Gasteiger partial charge in [-0.05, 0) is 38.0 Å². The summed E-state index contributed by atoms with van der Waals surface area (Å²) in [5, 5.41) is 6.76. The molecule has 0 fully saturated rings. The highest BCUT2D eigenvalue weighted by molar-refractivity contribution is 5.80. The fourth-order valence-electron chi connectivity index (χ4n) is 1.80. The van der Waals surface area contributed by atoms with E-state index in [0.717, 1.165) is 16.8 Å². The topological polar surface area (TPSA) is 69.0 Å². The Kier molecular flexibility index (Phi) is 4.02. The number of amides is 1. The van der Waals surface area contributed by atoms with Crippen LogP contribution in [0, 0.1) is 13.8 Å². The van der Waals surface area contributed by atoms with Crippen molar-refractivity contribution < 1.29 is 9.53 Å². The molecule has 0 saturated heterocycles. The Morgan fingerprint density at radius 1 is 1.40 bits per heavy atom. The smallest absolute Gasteiger partial charge is 0.336 e. The maximum atomic E-state index is 11.4. The first-order valence-corrected chi connectivity index (χ1v) is 6.39. The zero-order valence-corrected chi connectivity index (χ0v) is 12.0. The van der Waals surface area contributed by atoms with Gasteiger partial charge in [-0.2, -0.15) is 4.98 Å². The van der Waals surface area contributed by atoms with Crippen molar-refractivity contribution >= 4 is 5.91 Å². The Balaban J connectivity index is 2.21. The summed E-state index contributed by atoms with van der Waals surface area (Å²) >= 11 is 0. The van der Waals surface area contributed by atoms with E-state index in [-0.39, 0.29) is 11.9 Å². The third-order valence-electron chi connectivity index (χ3n) is 2.98. The second kappa shape index (κ2) is 5.73. The Bertz CT molecular complexity index is 621. The van der Waals surface area contributed by atoms with Gasteiger partial charge in [0.1, 0.15) is 6.33 Å². The zero-order chi connectivity index (χ0) is 14.7. The normalized spacial score (nSPS) is 12.0. The summed E-state index contributed by atoms with van der Waals surface area (Å²) in [6.45, 7) is 5.67. The zero-order valence-electron chi connectivity index (χ0n) is 12.0. The first-order valence-electron chi connectivity index (χ1n) is 6.39. The number of carbonyl (C=O) groups excluding carboxylic acids is 1. The third kappa shape index (κ3) is 2.96. The van der Waals surface area contributed by atoms with Gasteiger partial charge in [-0.25, -0.2) is 4.68 Å². The third-order valence-corrected chi connectivity index (χ3v) is 2.98. The quantitative estimate of drug-likeness (QED) is 0.915. The lowest BCUT2D eigenvalue weighted by atomic mass is 10.1. The lowest BCUT2D eigenvalue weighted by Crippen LogP contribution is -2.34. The fourth-order valence-corrected chi connectivity index (χ4v) is 1.80. The predicted octanol–water partition coefficient (Wildman–Crippen LogP) is 1.40. The Morgan fingerprint density at radius 3 is 2.85 bits per heavy atom. The van der Waals surface area contributed by atoms with Crippen LogP contribution in [0.15, 0.2) is 24.5 Å². The molecule has 0 aliphatic heterocycles. The minimum atomic E-state index is -0.630. The second-order valence-corrected chi connectivity index (χ2v) is 4.64. The molecular weight excluding hydrogens is 256 g/mol. The second-order valence-electron chi connectivity index (χ2n) is 4.64. The summed E-state index contributed by atoms with van der Waals surface area (Å²) in [6.07, 6.45) is 0.947. The average molecular weight is 274 g/mol. The number of aromatic nitrogens is 3. The monoisotopic (exact) mass is 274 g/mol. The molecule has 0 aliphatic carbocycles. The van der Waals surface area contributed by atoms with Crippen molar-refractivity contribution in [2.24, 2.45) is 0 Å². The largest absolute Gasteiger partial charge is 0.449 e. The van der Waals surface area contributed by atoms with E-state index in [1.165, 1.54) is 0 Å². The molecule has 0 aliphatic rings. The van der Waals surface area contributed by atoms with Crippen LogP contribution >= 0.6 is 0 Å². The van der Waals surface area contributed by atoms with Gasteiger partial charge in [0, 0.05) is 7.05 Å². The maximum Gasteiger partial charge on any atom is 0.336 e. The van der Waals surface area contributed by atoms with E-state index in [1.54, 1.807) is 25.0 Å². The molecule has 1 unspecified atom stereocenters. The van der Waals surface area contributed by atoms with Crippen molar-refractivity contribution in [1.82, 2.24) is 20.1 Å². The number of hydrogen-bond acceptors (Lipinski definition) is 4. The number of nitrogens with zero attached hydrogens (tertiary/aromatic N) is 3. The number of rotatable bonds is 4. The number of likely N-dealkylation sites (N-methyl/N-ethyl adjacent to an activating group) is 1. The molecule has 0 radical (unpaired) electrons. The van der Waals surface area contributed by atoms with Gasteiger partial charge in [0.05, 0.1) is 5.69 Å². The standard InChI is InChI=1S/C14H18N4O2/c1-9-5-6-10(2)12(7-9)18-8-16-14(17-18)20-11(3)13(19)15-4/h5-8,11H,1-4H3,(H,15,19). The lowest BCUT2D eigenvalue weighted by Gasteiger charge is -2.09. The summed E-state index contributed by atoms with van der Waals surface area (Å²) in [7, 11) is 1.56. The number of ether oxygens (including phenoxy) is 1. The Labute approximate surface area is 117 Å². The van der Waals surface area contributed by atoms with Gasteiger partial charge in [0.25, 0.3) is 5.91 Å². The molecule has 1 aromatic heterocycles. The molecule has 6 nitrogen and oxygen atoms in total. The lowest BCUT2D eigenvalue weighted by molar-refractivity contribution is -0.126. The van der Waals surface area contributed by atoms with Gasteiger partial charge in [-0.15, -0.1) is 5.10 Å². The van der Waals surface area contributed by atoms with Gasteiger partial charge < -0.3 is 10.1 Å². The summed E-state index contributed by atoms with van der Waals surface area (Å²) in [5.74, 6) is -0.215. The van der Waals surface area contributed by atoms with Crippen LogP contribution in [0.25, 0.3) is 5.69 Å². The highest BCUT2D eigenvalue weighted by Gasteiger charge is 2.15. The van der Waals surface area contributed by atoms with Crippen molar-refractivity contribution in [2.75, 3.05) is 7.05 Å². The van der Waals surface area contributed by atoms with Crippen LogP contribution < -0.4 is 10.1 Å². The molecule has 2 rings (SSSR count). The van der Waals surface area contributed by atoms with Crippen LogP contribution in [-0.2, 0) is 4.79 Å². The van der Waals surface area contributed by atoms with E-state index in [1.807, 2.05) is 32.0 Å². The molecule has 1 N–H and O–H groups in total. The SMILES string of the molecule is CNC(=O)C(C)Oc1ncn(-c2cc(C)ccc2C)n1. The van der Waals surface area contributed by atoms with Crippen LogP contribution in [0.1, 0.15) is 18.1 Å². The van der Waals surface area contributed by atoms with Crippen molar-refractivity contribution in [2.45, 2.75) is 26.9 Å². The Morgan fingerprint density at radius 2 is 2.15 bits per heavy atom. The fraction of sp³-hybridized carbons (Fsp3) is 0.357.